The van der Waals surface area contributed by atoms with E-state index in [0.29, 0.717) is 5.65 Å². The SMILES string of the molecule is NC(=O)c1ccnc2cc(-c3cccc(C(F)(F)F)c3)nn12. The van der Waals surface area contributed by atoms with E-state index >= 15 is 0 Å². The quantitative estimate of drug-likeness (QED) is 0.790. The van der Waals surface area contributed by atoms with Crippen LogP contribution in [0.4, 0.5) is 13.2 Å². The van der Waals surface area contributed by atoms with Gasteiger partial charge in [-0.15, -0.1) is 0 Å². The molecule has 2 heterocycles. The van der Waals surface area contributed by atoms with Crippen LogP contribution in [0.2, 0.25) is 0 Å². The first-order chi connectivity index (χ1) is 10.4. The number of aromatic nitrogens is 3. The summed E-state index contributed by atoms with van der Waals surface area (Å²) in [5.74, 6) is -0.703. The minimum atomic E-state index is -4.44. The summed E-state index contributed by atoms with van der Waals surface area (Å²) in [6.07, 6.45) is -3.06. The van der Waals surface area contributed by atoms with Gasteiger partial charge in [0.1, 0.15) is 5.69 Å². The van der Waals surface area contributed by atoms with Crippen molar-refractivity contribution in [3.05, 3.63) is 53.9 Å². The maximum absolute atomic E-state index is 12.8. The molecule has 0 bridgehead atoms. The van der Waals surface area contributed by atoms with Gasteiger partial charge < -0.3 is 5.73 Å². The monoisotopic (exact) mass is 306 g/mol. The van der Waals surface area contributed by atoms with Crippen LogP contribution in [0.5, 0.6) is 0 Å². The number of rotatable bonds is 2. The summed E-state index contributed by atoms with van der Waals surface area (Å²) in [4.78, 5) is 15.3. The summed E-state index contributed by atoms with van der Waals surface area (Å²) in [5.41, 5.74) is 5.43. The fraction of sp³-hybridized carbons (Fsp3) is 0.0714. The second kappa shape index (κ2) is 4.83. The van der Waals surface area contributed by atoms with Gasteiger partial charge in [-0.3, -0.25) is 4.79 Å². The lowest BCUT2D eigenvalue weighted by atomic mass is 10.1. The first-order valence-electron chi connectivity index (χ1n) is 6.18. The van der Waals surface area contributed by atoms with Crippen molar-refractivity contribution >= 4 is 11.6 Å². The van der Waals surface area contributed by atoms with Gasteiger partial charge in [-0.1, -0.05) is 12.1 Å². The molecule has 0 saturated carbocycles. The number of alkyl halides is 3. The number of carbonyl (C=O) groups is 1. The van der Waals surface area contributed by atoms with E-state index in [2.05, 4.69) is 10.1 Å². The van der Waals surface area contributed by atoms with Crippen LogP contribution < -0.4 is 5.73 Å². The molecule has 22 heavy (non-hydrogen) atoms. The first-order valence-corrected chi connectivity index (χ1v) is 6.18. The number of nitrogens with zero attached hydrogens (tertiary/aromatic N) is 3. The summed E-state index contributed by atoms with van der Waals surface area (Å²) >= 11 is 0. The average Bonchev–Trinajstić information content (AvgIpc) is 2.90. The number of amides is 1. The standard InChI is InChI=1S/C14H9F3N4O/c15-14(16,17)9-3-1-2-8(6-9)10-7-12-19-5-4-11(13(18)22)21(12)20-10/h1-7H,(H2,18,22). The van der Waals surface area contributed by atoms with Crippen LogP contribution in [0.3, 0.4) is 0 Å². The Morgan fingerprint density at radius 3 is 2.64 bits per heavy atom. The van der Waals surface area contributed by atoms with E-state index in [-0.39, 0.29) is 17.0 Å². The Labute approximate surface area is 122 Å². The Morgan fingerprint density at radius 2 is 1.95 bits per heavy atom. The zero-order valence-corrected chi connectivity index (χ0v) is 11.0. The molecule has 3 aromatic rings. The van der Waals surface area contributed by atoms with E-state index in [1.807, 2.05) is 0 Å². The van der Waals surface area contributed by atoms with E-state index in [9.17, 15) is 18.0 Å². The third kappa shape index (κ3) is 2.39. The second-order valence-electron chi connectivity index (χ2n) is 4.57. The van der Waals surface area contributed by atoms with Gasteiger partial charge in [0.05, 0.1) is 11.3 Å². The summed E-state index contributed by atoms with van der Waals surface area (Å²) in [6, 6.07) is 7.64. The number of carbonyl (C=O) groups excluding carboxylic acids is 1. The third-order valence-corrected chi connectivity index (χ3v) is 3.10. The molecule has 0 saturated heterocycles. The highest BCUT2D eigenvalue weighted by molar-refractivity contribution is 5.91. The largest absolute Gasteiger partial charge is 0.416 e. The van der Waals surface area contributed by atoms with Crippen molar-refractivity contribution in [1.82, 2.24) is 14.6 Å². The molecule has 0 spiro atoms. The molecule has 0 aliphatic carbocycles. The third-order valence-electron chi connectivity index (χ3n) is 3.10. The zero-order chi connectivity index (χ0) is 15.9. The fourth-order valence-electron chi connectivity index (χ4n) is 2.08. The summed E-state index contributed by atoms with van der Waals surface area (Å²) in [7, 11) is 0. The molecule has 3 rings (SSSR count). The van der Waals surface area contributed by atoms with Crippen molar-refractivity contribution in [2.24, 2.45) is 5.73 Å². The number of hydrogen-bond acceptors (Lipinski definition) is 3. The van der Waals surface area contributed by atoms with E-state index in [1.165, 1.54) is 35.0 Å². The normalized spacial score (nSPS) is 11.8. The first kappa shape index (κ1) is 14.1. The molecule has 0 radical (unpaired) electrons. The van der Waals surface area contributed by atoms with Crippen molar-refractivity contribution in [3.8, 4) is 11.3 Å². The van der Waals surface area contributed by atoms with Crippen LogP contribution in [-0.2, 0) is 6.18 Å². The molecule has 5 nitrogen and oxygen atoms in total. The van der Waals surface area contributed by atoms with Crippen LogP contribution >= 0.6 is 0 Å². The highest BCUT2D eigenvalue weighted by atomic mass is 19.4. The summed E-state index contributed by atoms with van der Waals surface area (Å²) < 4.78 is 39.5. The number of fused-ring (bicyclic) bond motifs is 1. The molecular weight excluding hydrogens is 297 g/mol. The van der Waals surface area contributed by atoms with E-state index in [4.69, 9.17) is 5.73 Å². The van der Waals surface area contributed by atoms with Crippen molar-refractivity contribution < 1.29 is 18.0 Å². The van der Waals surface area contributed by atoms with E-state index < -0.39 is 17.6 Å². The van der Waals surface area contributed by atoms with Crippen LogP contribution in [0, 0.1) is 0 Å². The van der Waals surface area contributed by atoms with Crippen LogP contribution in [0.25, 0.3) is 16.9 Å². The van der Waals surface area contributed by atoms with E-state index in [0.717, 1.165) is 12.1 Å². The molecule has 1 aromatic carbocycles. The van der Waals surface area contributed by atoms with Gasteiger partial charge in [0.2, 0.25) is 0 Å². The predicted molar refractivity (Wildman–Crippen MR) is 71.9 cm³/mol. The zero-order valence-electron chi connectivity index (χ0n) is 11.0. The lowest BCUT2D eigenvalue weighted by Gasteiger charge is -2.07. The molecule has 0 aliphatic heterocycles. The minimum absolute atomic E-state index is 0.100. The van der Waals surface area contributed by atoms with Crippen LogP contribution in [-0.4, -0.2) is 20.5 Å². The number of halogens is 3. The lowest BCUT2D eigenvalue weighted by molar-refractivity contribution is -0.137. The van der Waals surface area contributed by atoms with Gasteiger partial charge in [-0.25, -0.2) is 9.50 Å². The maximum Gasteiger partial charge on any atom is 0.416 e. The minimum Gasteiger partial charge on any atom is -0.364 e. The maximum atomic E-state index is 12.8. The Kier molecular flexibility index (Phi) is 3.09. The van der Waals surface area contributed by atoms with Gasteiger partial charge >= 0.3 is 6.18 Å². The van der Waals surface area contributed by atoms with Crippen molar-refractivity contribution in [2.45, 2.75) is 6.18 Å². The highest BCUT2D eigenvalue weighted by Crippen LogP contribution is 2.32. The van der Waals surface area contributed by atoms with Crippen LogP contribution in [0.1, 0.15) is 16.1 Å². The highest BCUT2D eigenvalue weighted by Gasteiger charge is 2.30. The van der Waals surface area contributed by atoms with E-state index in [1.54, 1.807) is 0 Å². The Bertz CT molecular complexity index is 870. The van der Waals surface area contributed by atoms with Gasteiger partial charge in [0, 0.05) is 17.8 Å². The fourth-order valence-corrected chi connectivity index (χ4v) is 2.08. The molecule has 0 atom stereocenters. The summed E-state index contributed by atoms with van der Waals surface area (Å²) in [6.45, 7) is 0. The molecule has 112 valence electrons. The summed E-state index contributed by atoms with van der Waals surface area (Å²) in [5, 5.41) is 4.11. The molecule has 0 fully saturated rings. The van der Waals surface area contributed by atoms with Crippen LogP contribution in [0.15, 0.2) is 42.6 Å². The Balaban J connectivity index is 2.15. The van der Waals surface area contributed by atoms with Gasteiger partial charge in [-0.05, 0) is 18.2 Å². The molecule has 2 N–H and O–H groups in total. The number of primary amides is 1. The van der Waals surface area contributed by atoms with Crippen molar-refractivity contribution in [3.63, 3.8) is 0 Å². The second-order valence-corrected chi connectivity index (χ2v) is 4.57. The molecule has 8 heteroatoms. The molecular formula is C14H9F3N4O. The van der Waals surface area contributed by atoms with Gasteiger partial charge in [-0.2, -0.15) is 18.3 Å². The number of benzene rings is 1. The van der Waals surface area contributed by atoms with Crippen molar-refractivity contribution in [2.75, 3.05) is 0 Å². The molecule has 0 unspecified atom stereocenters. The van der Waals surface area contributed by atoms with Crippen molar-refractivity contribution in [1.29, 1.82) is 0 Å². The average molecular weight is 306 g/mol. The molecule has 1 amide bonds. The number of hydrogen-bond donors (Lipinski definition) is 1. The Hall–Kier alpha value is -2.90. The topological polar surface area (TPSA) is 73.3 Å². The molecule has 0 aliphatic rings. The Morgan fingerprint density at radius 1 is 1.18 bits per heavy atom. The molecule has 2 aromatic heterocycles. The van der Waals surface area contributed by atoms with Gasteiger partial charge in [0.15, 0.2) is 5.65 Å². The lowest BCUT2D eigenvalue weighted by Crippen LogP contribution is -2.16. The number of nitrogens with two attached hydrogens (primary N) is 1. The predicted octanol–water partition coefficient (Wildman–Crippen LogP) is 2.51. The van der Waals surface area contributed by atoms with Gasteiger partial charge in [0.25, 0.3) is 5.91 Å². The smallest absolute Gasteiger partial charge is 0.364 e.